The van der Waals surface area contributed by atoms with Gasteiger partial charge in [-0.05, 0) is 60.6 Å². The third-order valence-corrected chi connectivity index (χ3v) is 5.77. The monoisotopic (exact) mass is 414 g/mol. The molecule has 2 aromatic carbocycles. The Hall–Kier alpha value is -1.80. The van der Waals surface area contributed by atoms with Gasteiger partial charge < -0.3 is 4.74 Å². The Kier molecular flexibility index (Phi) is 10.3. The van der Waals surface area contributed by atoms with Crippen LogP contribution >= 0.6 is 11.6 Å². The molecule has 1 atom stereocenters. The van der Waals surface area contributed by atoms with Gasteiger partial charge in [-0.1, -0.05) is 89.1 Å². The fourth-order valence-electron chi connectivity index (χ4n) is 3.60. The average Bonchev–Trinajstić information content (AvgIpc) is 2.71. The smallest absolute Gasteiger partial charge is 0.345 e. The summed E-state index contributed by atoms with van der Waals surface area (Å²) in [6.07, 6.45) is 11.1. The molecule has 2 aromatic rings. The summed E-state index contributed by atoms with van der Waals surface area (Å²) in [5.41, 5.74) is 2.86. The highest BCUT2D eigenvalue weighted by Crippen LogP contribution is 2.27. The number of ether oxygens (including phenoxy) is 1. The van der Waals surface area contributed by atoms with Gasteiger partial charge in [0, 0.05) is 0 Å². The Bertz CT molecular complexity index is 752. The van der Waals surface area contributed by atoms with E-state index in [2.05, 4.69) is 20.8 Å². The highest BCUT2D eigenvalue weighted by molar-refractivity contribution is 6.33. The minimum Gasteiger partial charge on any atom is -0.423 e. The van der Waals surface area contributed by atoms with Crippen molar-refractivity contribution in [3.63, 3.8) is 0 Å². The number of benzene rings is 2. The van der Waals surface area contributed by atoms with Crippen LogP contribution in [0.3, 0.4) is 0 Å². The number of halogens is 1. The number of aryl methyl sites for hydroxylation is 1. The quantitative estimate of drug-likeness (QED) is 0.198. The van der Waals surface area contributed by atoms with E-state index in [1.165, 1.54) is 44.1 Å². The van der Waals surface area contributed by atoms with Gasteiger partial charge in [0.05, 0.1) is 10.6 Å². The summed E-state index contributed by atoms with van der Waals surface area (Å²) >= 11 is 6.36. The molecule has 3 heteroatoms. The van der Waals surface area contributed by atoms with Crippen LogP contribution in [0, 0.1) is 0 Å². The summed E-state index contributed by atoms with van der Waals surface area (Å²) in [7, 11) is 0. The van der Waals surface area contributed by atoms with Crippen molar-refractivity contribution < 1.29 is 9.53 Å². The van der Waals surface area contributed by atoms with Gasteiger partial charge in [0.1, 0.15) is 5.75 Å². The molecule has 158 valence electrons. The van der Waals surface area contributed by atoms with Crippen molar-refractivity contribution in [2.75, 3.05) is 0 Å². The molecular formula is C26H35ClO2. The van der Waals surface area contributed by atoms with Crippen LogP contribution in [0.15, 0.2) is 42.5 Å². The number of hydrogen-bond donors (Lipinski definition) is 0. The molecule has 2 nitrogen and oxygen atoms in total. The van der Waals surface area contributed by atoms with Crippen LogP contribution in [-0.2, 0) is 6.42 Å². The molecule has 1 unspecified atom stereocenters. The molecule has 0 radical (unpaired) electrons. The Morgan fingerprint density at radius 2 is 1.62 bits per heavy atom. The van der Waals surface area contributed by atoms with E-state index < -0.39 is 5.97 Å². The number of unbranched alkanes of at least 4 members (excludes halogenated alkanes) is 5. The largest absolute Gasteiger partial charge is 0.423 e. The number of esters is 1. The third kappa shape index (κ3) is 7.85. The molecule has 0 aliphatic rings. The van der Waals surface area contributed by atoms with E-state index in [1.54, 1.807) is 6.07 Å². The number of carbonyl (C=O) groups is 1. The van der Waals surface area contributed by atoms with Crippen molar-refractivity contribution >= 4 is 17.6 Å². The van der Waals surface area contributed by atoms with Gasteiger partial charge in [0.2, 0.25) is 0 Å². The normalized spacial score (nSPS) is 12.0. The molecule has 0 fully saturated rings. The summed E-state index contributed by atoms with van der Waals surface area (Å²) in [5, 5.41) is 0.454. The molecule has 0 saturated heterocycles. The summed E-state index contributed by atoms with van der Waals surface area (Å²) in [5.74, 6) is 0.580. The van der Waals surface area contributed by atoms with E-state index in [-0.39, 0.29) is 0 Å². The predicted octanol–water partition coefficient (Wildman–Crippen LogP) is 8.37. The summed E-state index contributed by atoms with van der Waals surface area (Å²) in [6, 6.07) is 13.5. The Morgan fingerprint density at radius 3 is 2.28 bits per heavy atom. The average molecular weight is 415 g/mol. The van der Waals surface area contributed by atoms with Gasteiger partial charge >= 0.3 is 5.97 Å². The van der Waals surface area contributed by atoms with Crippen molar-refractivity contribution in [1.29, 1.82) is 0 Å². The first-order chi connectivity index (χ1) is 14.0. The topological polar surface area (TPSA) is 26.3 Å². The van der Waals surface area contributed by atoms with Gasteiger partial charge in [0.15, 0.2) is 0 Å². The van der Waals surface area contributed by atoms with E-state index in [4.69, 9.17) is 16.3 Å². The molecule has 0 N–H and O–H groups in total. The van der Waals surface area contributed by atoms with Crippen molar-refractivity contribution in [1.82, 2.24) is 0 Å². The maximum atomic E-state index is 12.5. The van der Waals surface area contributed by atoms with Crippen LogP contribution in [0.1, 0.15) is 99.5 Å². The molecular weight excluding hydrogens is 380 g/mol. The summed E-state index contributed by atoms with van der Waals surface area (Å²) in [4.78, 5) is 12.5. The number of rotatable bonds is 12. The van der Waals surface area contributed by atoms with E-state index >= 15 is 0 Å². The van der Waals surface area contributed by atoms with Crippen LogP contribution in [0.5, 0.6) is 5.75 Å². The fraction of sp³-hybridized carbons (Fsp3) is 0.500. The first-order valence-corrected chi connectivity index (χ1v) is 11.5. The van der Waals surface area contributed by atoms with E-state index in [9.17, 15) is 4.79 Å². The molecule has 0 spiro atoms. The van der Waals surface area contributed by atoms with Crippen molar-refractivity contribution in [2.45, 2.75) is 84.5 Å². The van der Waals surface area contributed by atoms with Crippen molar-refractivity contribution in [2.24, 2.45) is 0 Å². The molecule has 0 aromatic heterocycles. The number of hydrogen-bond acceptors (Lipinski definition) is 2. The zero-order chi connectivity index (χ0) is 21.1. The Morgan fingerprint density at radius 1 is 0.931 bits per heavy atom. The predicted molar refractivity (Wildman–Crippen MR) is 123 cm³/mol. The second-order valence-electron chi connectivity index (χ2n) is 7.98. The van der Waals surface area contributed by atoms with Gasteiger partial charge in [-0.2, -0.15) is 0 Å². The Balaban J connectivity index is 1.87. The molecule has 0 aliphatic carbocycles. The minimum absolute atomic E-state index is 0.409. The first-order valence-electron chi connectivity index (χ1n) is 11.2. The zero-order valence-corrected chi connectivity index (χ0v) is 18.9. The molecule has 0 aliphatic heterocycles. The highest BCUT2D eigenvalue weighted by atomic mass is 35.5. The maximum Gasteiger partial charge on any atom is 0.345 e. The van der Waals surface area contributed by atoms with Crippen LogP contribution in [-0.4, -0.2) is 5.97 Å². The van der Waals surface area contributed by atoms with Crippen LogP contribution in [0.2, 0.25) is 5.02 Å². The second-order valence-corrected chi connectivity index (χ2v) is 8.39. The van der Waals surface area contributed by atoms with E-state index in [1.807, 2.05) is 36.4 Å². The fourth-order valence-corrected chi connectivity index (χ4v) is 3.86. The SMILES string of the molecule is CCCCCCCCc1ccc(OC(=O)c2ccc(C(C)CCC)cc2Cl)cc1. The van der Waals surface area contributed by atoms with Crippen LogP contribution in [0.4, 0.5) is 0 Å². The minimum atomic E-state index is -0.409. The lowest BCUT2D eigenvalue weighted by Gasteiger charge is -2.13. The van der Waals surface area contributed by atoms with Crippen molar-refractivity contribution in [3.05, 3.63) is 64.2 Å². The van der Waals surface area contributed by atoms with E-state index in [0.717, 1.165) is 24.8 Å². The lowest BCUT2D eigenvalue weighted by Crippen LogP contribution is -2.09. The first kappa shape index (κ1) is 23.5. The molecule has 0 saturated carbocycles. The summed E-state index contributed by atoms with van der Waals surface area (Å²) < 4.78 is 5.53. The lowest BCUT2D eigenvalue weighted by atomic mass is 9.96. The van der Waals surface area contributed by atoms with E-state index in [0.29, 0.717) is 22.3 Å². The second kappa shape index (κ2) is 12.7. The zero-order valence-electron chi connectivity index (χ0n) is 18.2. The molecule has 0 amide bonds. The summed E-state index contributed by atoms with van der Waals surface area (Å²) in [6.45, 7) is 6.59. The molecule has 2 rings (SSSR count). The number of carbonyl (C=O) groups excluding carboxylic acids is 1. The van der Waals surface area contributed by atoms with Gasteiger partial charge in [-0.15, -0.1) is 0 Å². The third-order valence-electron chi connectivity index (χ3n) is 5.46. The standard InChI is InChI=1S/C26H35ClO2/c1-4-6-7-8-9-10-12-21-13-16-23(17-14-21)29-26(28)24-18-15-22(19-25(24)27)20(3)11-5-2/h13-20H,4-12H2,1-3H3. The van der Waals surface area contributed by atoms with Gasteiger partial charge in [0.25, 0.3) is 0 Å². The lowest BCUT2D eigenvalue weighted by molar-refractivity contribution is 0.0735. The molecule has 0 bridgehead atoms. The molecule has 0 heterocycles. The van der Waals surface area contributed by atoms with Crippen LogP contribution in [0.25, 0.3) is 0 Å². The van der Waals surface area contributed by atoms with Crippen molar-refractivity contribution in [3.8, 4) is 5.75 Å². The van der Waals surface area contributed by atoms with Gasteiger partial charge in [-0.3, -0.25) is 0 Å². The highest BCUT2D eigenvalue weighted by Gasteiger charge is 2.15. The van der Waals surface area contributed by atoms with Gasteiger partial charge in [-0.25, -0.2) is 4.79 Å². The maximum absolute atomic E-state index is 12.5. The van der Waals surface area contributed by atoms with Crippen LogP contribution < -0.4 is 4.74 Å². The molecule has 29 heavy (non-hydrogen) atoms. The Labute approximate surface area is 181 Å².